The molecule has 2 aliphatic rings. The lowest BCUT2D eigenvalue weighted by atomic mass is 9.77. The van der Waals surface area contributed by atoms with E-state index >= 15 is 0 Å². The van der Waals surface area contributed by atoms with Gasteiger partial charge in [0.25, 0.3) is 0 Å². The maximum Gasteiger partial charge on any atom is 0.309 e. The number of aryl methyl sites for hydroxylation is 1. The van der Waals surface area contributed by atoms with E-state index in [1.807, 2.05) is 25.1 Å². The zero-order valence-corrected chi connectivity index (χ0v) is 16.0. The summed E-state index contributed by atoms with van der Waals surface area (Å²) in [7, 11) is 1.74. The molecule has 2 fully saturated rings. The first-order chi connectivity index (χ1) is 12.3. The second kappa shape index (κ2) is 7.45. The van der Waals surface area contributed by atoms with Crippen LogP contribution in [0.15, 0.2) is 18.2 Å². The van der Waals surface area contributed by atoms with Gasteiger partial charge < -0.3 is 14.7 Å². The average Bonchev–Trinajstić information content (AvgIpc) is 2.84. The Labute approximate surface area is 158 Å². The molecular formula is C19H25ClN2O4. The standard InChI is InChI=1S/C19H25ClN2O4/c1-13-3-4-16(15(20)11-13)26-10-9-22-7-5-19(6-8-22)14(18(24)25)12-17(23)21(19)2/h3-4,11,14H,5-10,12H2,1-2H3,(H,24,25)/t14-/m1/s1. The molecule has 1 aromatic carbocycles. The van der Waals surface area contributed by atoms with E-state index in [2.05, 4.69) is 4.90 Å². The highest BCUT2D eigenvalue weighted by atomic mass is 35.5. The van der Waals surface area contributed by atoms with Gasteiger partial charge in [0.1, 0.15) is 12.4 Å². The van der Waals surface area contributed by atoms with Gasteiger partial charge in [0.15, 0.2) is 0 Å². The highest BCUT2D eigenvalue weighted by Crippen LogP contribution is 2.42. The SMILES string of the molecule is Cc1ccc(OCCN2CCC3(CC2)[C@@H](C(=O)O)CC(=O)N3C)c(Cl)c1. The number of nitrogens with zero attached hydrogens (tertiary/aromatic N) is 2. The molecule has 1 spiro atoms. The number of carbonyl (C=O) groups excluding carboxylic acids is 1. The summed E-state index contributed by atoms with van der Waals surface area (Å²) < 4.78 is 5.78. The summed E-state index contributed by atoms with van der Waals surface area (Å²) in [5.41, 5.74) is 0.549. The van der Waals surface area contributed by atoms with Gasteiger partial charge in [-0.2, -0.15) is 0 Å². The molecular weight excluding hydrogens is 356 g/mol. The fourth-order valence-corrected chi connectivity index (χ4v) is 4.45. The zero-order valence-electron chi connectivity index (χ0n) is 15.2. The Balaban J connectivity index is 1.53. The smallest absolute Gasteiger partial charge is 0.309 e. The second-order valence-corrected chi connectivity index (χ2v) is 7.68. The van der Waals surface area contributed by atoms with Crippen LogP contribution in [0.4, 0.5) is 0 Å². The Kier molecular flexibility index (Phi) is 5.44. The highest BCUT2D eigenvalue weighted by Gasteiger charge is 2.55. The third-order valence-electron chi connectivity index (χ3n) is 5.84. The number of rotatable bonds is 5. The van der Waals surface area contributed by atoms with Crippen molar-refractivity contribution in [3.05, 3.63) is 28.8 Å². The average molecular weight is 381 g/mol. The monoisotopic (exact) mass is 380 g/mol. The Morgan fingerprint density at radius 3 is 2.69 bits per heavy atom. The van der Waals surface area contributed by atoms with E-state index in [4.69, 9.17) is 16.3 Å². The predicted molar refractivity (Wildman–Crippen MR) is 98.6 cm³/mol. The number of amides is 1. The van der Waals surface area contributed by atoms with Crippen LogP contribution in [0.5, 0.6) is 5.75 Å². The number of carbonyl (C=O) groups is 2. The van der Waals surface area contributed by atoms with E-state index < -0.39 is 17.4 Å². The number of likely N-dealkylation sites (tertiary alicyclic amines) is 2. The normalized spacial score (nSPS) is 22.8. The summed E-state index contributed by atoms with van der Waals surface area (Å²) in [6, 6.07) is 5.71. The van der Waals surface area contributed by atoms with Gasteiger partial charge in [-0.3, -0.25) is 14.5 Å². The van der Waals surface area contributed by atoms with Gasteiger partial charge in [0.2, 0.25) is 5.91 Å². The number of carboxylic acids is 1. The number of hydrogen-bond donors (Lipinski definition) is 1. The number of aliphatic carboxylic acids is 1. The molecule has 2 saturated heterocycles. The van der Waals surface area contributed by atoms with Gasteiger partial charge >= 0.3 is 5.97 Å². The van der Waals surface area contributed by atoms with Crippen LogP contribution in [0.2, 0.25) is 5.02 Å². The van der Waals surface area contributed by atoms with E-state index in [9.17, 15) is 14.7 Å². The molecule has 2 aliphatic heterocycles. The third kappa shape index (κ3) is 3.53. The summed E-state index contributed by atoms with van der Waals surface area (Å²) in [5.74, 6) is -0.862. The van der Waals surface area contributed by atoms with Crippen LogP contribution in [-0.2, 0) is 9.59 Å². The summed E-state index contributed by atoms with van der Waals surface area (Å²) in [6.07, 6.45) is 1.47. The van der Waals surface area contributed by atoms with Crippen LogP contribution >= 0.6 is 11.6 Å². The molecule has 1 aromatic rings. The molecule has 0 saturated carbocycles. The molecule has 0 bridgehead atoms. The molecule has 1 atom stereocenters. The first-order valence-electron chi connectivity index (χ1n) is 8.94. The molecule has 0 unspecified atom stereocenters. The maximum atomic E-state index is 12.0. The van der Waals surface area contributed by atoms with Gasteiger partial charge in [0.05, 0.1) is 16.5 Å². The molecule has 3 rings (SSSR count). The fraction of sp³-hybridized carbons (Fsp3) is 0.579. The Hall–Kier alpha value is -1.79. The molecule has 2 heterocycles. The highest BCUT2D eigenvalue weighted by molar-refractivity contribution is 6.32. The topological polar surface area (TPSA) is 70.1 Å². The van der Waals surface area contributed by atoms with Crippen LogP contribution < -0.4 is 4.74 Å². The van der Waals surface area contributed by atoms with Crippen molar-refractivity contribution in [1.29, 1.82) is 0 Å². The van der Waals surface area contributed by atoms with Crippen LogP contribution in [-0.4, -0.2) is 65.6 Å². The Bertz CT molecular complexity index is 701. The second-order valence-electron chi connectivity index (χ2n) is 7.28. The van der Waals surface area contributed by atoms with Crippen LogP contribution in [0.3, 0.4) is 0 Å². The van der Waals surface area contributed by atoms with Gasteiger partial charge in [0, 0.05) is 33.1 Å². The summed E-state index contributed by atoms with van der Waals surface area (Å²) >= 11 is 6.18. The van der Waals surface area contributed by atoms with Gasteiger partial charge in [-0.25, -0.2) is 0 Å². The lowest BCUT2D eigenvalue weighted by Gasteiger charge is -2.45. The Morgan fingerprint density at radius 1 is 1.38 bits per heavy atom. The van der Waals surface area contributed by atoms with E-state index in [1.165, 1.54) is 0 Å². The van der Waals surface area contributed by atoms with Crippen LogP contribution in [0, 0.1) is 12.8 Å². The predicted octanol–water partition coefficient (Wildman–Crippen LogP) is 2.42. The lowest BCUT2D eigenvalue weighted by Crippen LogP contribution is -2.56. The lowest BCUT2D eigenvalue weighted by molar-refractivity contribution is -0.146. The number of halogens is 1. The molecule has 1 amide bonds. The van der Waals surface area contributed by atoms with E-state index in [0.29, 0.717) is 30.2 Å². The maximum absolute atomic E-state index is 12.0. The van der Waals surface area contributed by atoms with E-state index in [1.54, 1.807) is 11.9 Å². The van der Waals surface area contributed by atoms with Crippen molar-refractivity contribution in [3.8, 4) is 5.75 Å². The fourth-order valence-electron chi connectivity index (χ4n) is 4.16. The molecule has 0 aromatic heterocycles. The van der Waals surface area contributed by atoms with E-state index in [-0.39, 0.29) is 12.3 Å². The van der Waals surface area contributed by atoms with Crippen molar-refractivity contribution in [2.75, 3.05) is 33.3 Å². The number of benzene rings is 1. The zero-order chi connectivity index (χ0) is 18.9. The molecule has 0 aliphatic carbocycles. The summed E-state index contributed by atoms with van der Waals surface area (Å²) in [4.78, 5) is 27.6. The van der Waals surface area contributed by atoms with Gasteiger partial charge in [-0.05, 0) is 37.5 Å². The van der Waals surface area contributed by atoms with Crippen molar-refractivity contribution in [1.82, 2.24) is 9.80 Å². The third-order valence-corrected chi connectivity index (χ3v) is 6.14. The minimum absolute atomic E-state index is 0.0665. The van der Waals surface area contributed by atoms with Gasteiger partial charge in [-0.15, -0.1) is 0 Å². The van der Waals surface area contributed by atoms with Gasteiger partial charge in [-0.1, -0.05) is 17.7 Å². The number of ether oxygens (including phenoxy) is 1. The minimum Gasteiger partial charge on any atom is -0.491 e. The Morgan fingerprint density at radius 2 is 2.08 bits per heavy atom. The van der Waals surface area contributed by atoms with Crippen molar-refractivity contribution >= 4 is 23.5 Å². The molecule has 142 valence electrons. The number of hydrogen-bond acceptors (Lipinski definition) is 4. The van der Waals surface area contributed by atoms with Crippen LogP contribution in [0.25, 0.3) is 0 Å². The van der Waals surface area contributed by atoms with Crippen molar-refractivity contribution in [2.24, 2.45) is 5.92 Å². The first kappa shape index (κ1) is 19.0. The van der Waals surface area contributed by atoms with E-state index in [0.717, 1.165) is 25.2 Å². The number of piperidine rings is 1. The van der Waals surface area contributed by atoms with Crippen molar-refractivity contribution < 1.29 is 19.4 Å². The minimum atomic E-state index is -0.867. The van der Waals surface area contributed by atoms with Crippen LogP contribution in [0.1, 0.15) is 24.8 Å². The van der Waals surface area contributed by atoms with Crippen molar-refractivity contribution in [3.63, 3.8) is 0 Å². The first-order valence-corrected chi connectivity index (χ1v) is 9.32. The molecule has 0 radical (unpaired) electrons. The molecule has 1 N–H and O–H groups in total. The quantitative estimate of drug-likeness (QED) is 0.849. The molecule has 26 heavy (non-hydrogen) atoms. The summed E-state index contributed by atoms with van der Waals surface area (Å²) in [6.45, 7) is 4.76. The number of carboxylic acid groups (broad SMARTS) is 1. The molecule has 7 heteroatoms. The largest absolute Gasteiger partial charge is 0.491 e. The molecule has 6 nitrogen and oxygen atoms in total. The summed E-state index contributed by atoms with van der Waals surface area (Å²) in [5, 5.41) is 10.1. The van der Waals surface area contributed by atoms with Crippen molar-refractivity contribution in [2.45, 2.75) is 31.7 Å².